The van der Waals surface area contributed by atoms with Crippen LogP contribution >= 0.6 is 0 Å². The van der Waals surface area contributed by atoms with E-state index >= 15 is 0 Å². The highest BCUT2D eigenvalue weighted by Gasteiger charge is 2.30. The number of hydrogen-bond acceptors (Lipinski definition) is 0. The number of rotatable bonds is 1. The van der Waals surface area contributed by atoms with Gasteiger partial charge in [-0.15, -0.1) is 0 Å². The van der Waals surface area contributed by atoms with Crippen LogP contribution < -0.4 is 0 Å². The largest absolute Gasteiger partial charge is 0.0649 e. The van der Waals surface area contributed by atoms with Crippen molar-refractivity contribution >= 4 is 0 Å². The summed E-state index contributed by atoms with van der Waals surface area (Å²) in [5.41, 5.74) is -3.65. The minimum atomic E-state index is -2.92. The van der Waals surface area contributed by atoms with Crippen LogP contribution in [0.1, 0.15) is 58.7 Å². The average Bonchev–Trinajstić information content (AvgIpc) is 1.67. The summed E-state index contributed by atoms with van der Waals surface area (Å²) in [6.45, 7) is -0.465. The fourth-order valence-corrected chi connectivity index (χ4v) is 0.375. The van der Waals surface area contributed by atoms with Crippen molar-refractivity contribution in [3.05, 3.63) is 0 Å². The molecular formula is C9H20. The molecule has 0 N–H and O–H groups in total. The van der Waals surface area contributed by atoms with Crippen LogP contribution in [0.25, 0.3) is 0 Å². The molecule has 0 aromatic rings. The van der Waals surface area contributed by atoms with E-state index in [4.69, 9.17) is 11.0 Å². The maximum Gasteiger partial charge on any atom is 0.0269 e. The topological polar surface area (TPSA) is 0 Å². The zero-order valence-corrected chi connectivity index (χ0v) is 6.50. The second-order valence-corrected chi connectivity index (χ2v) is 3.25. The van der Waals surface area contributed by atoms with Gasteiger partial charge in [-0.25, -0.2) is 0 Å². The summed E-state index contributed by atoms with van der Waals surface area (Å²) >= 11 is 0. The van der Waals surface area contributed by atoms with Crippen LogP contribution in [0.4, 0.5) is 0 Å². The van der Waals surface area contributed by atoms with E-state index in [1.54, 1.807) is 0 Å². The first-order valence-electron chi connectivity index (χ1n) is 7.00. The van der Waals surface area contributed by atoms with Gasteiger partial charge in [0, 0.05) is 11.0 Å². The molecule has 0 fully saturated rings. The first-order chi connectivity index (χ1) is 7.00. The maximum absolute atomic E-state index is 7.75. The predicted molar refractivity (Wildman–Crippen MR) is 43.5 cm³/mol. The van der Waals surface area contributed by atoms with Crippen LogP contribution in [0.2, 0.25) is 0 Å². The lowest BCUT2D eigenvalue weighted by Gasteiger charge is -2.37. The van der Waals surface area contributed by atoms with E-state index in [0.29, 0.717) is 0 Å². The van der Waals surface area contributed by atoms with Gasteiger partial charge >= 0.3 is 0 Å². The lowest BCUT2D eigenvalue weighted by Crippen LogP contribution is -2.28. The monoisotopic (exact) mass is 136 g/mol. The van der Waals surface area contributed by atoms with Crippen LogP contribution in [-0.4, -0.2) is 0 Å². The fourth-order valence-electron chi connectivity index (χ4n) is 0.375. The molecule has 0 saturated heterocycles. The third kappa shape index (κ3) is 2.00. The summed E-state index contributed by atoms with van der Waals surface area (Å²) in [7, 11) is 0. The van der Waals surface area contributed by atoms with Crippen molar-refractivity contribution in [2.24, 2.45) is 10.8 Å². The van der Waals surface area contributed by atoms with Gasteiger partial charge in [-0.05, 0) is 10.8 Å². The van der Waals surface area contributed by atoms with Crippen LogP contribution in [0.15, 0.2) is 0 Å². The van der Waals surface area contributed by atoms with Crippen LogP contribution in [-0.2, 0) is 0 Å². The Morgan fingerprint density at radius 2 is 1.78 bits per heavy atom. The zero-order valence-electron chi connectivity index (χ0n) is 14.5. The molecule has 0 aliphatic rings. The van der Waals surface area contributed by atoms with E-state index in [1.807, 2.05) is 0 Å². The van der Waals surface area contributed by atoms with Crippen molar-refractivity contribution in [2.45, 2.75) is 47.8 Å². The first-order valence-corrected chi connectivity index (χ1v) is 3.00. The molecule has 0 radical (unpaired) electrons. The van der Waals surface area contributed by atoms with E-state index in [1.165, 1.54) is 20.8 Å². The summed E-state index contributed by atoms with van der Waals surface area (Å²) < 4.78 is 60.7. The minimum Gasteiger partial charge on any atom is -0.0649 e. The molecule has 9 heavy (non-hydrogen) atoms. The summed E-state index contributed by atoms with van der Waals surface area (Å²) in [5.74, 6) is 0. The van der Waals surface area contributed by atoms with E-state index < -0.39 is 30.9 Å². The predicted octanol–water partition coefficient (Wildman–Crippen LogP) is 3.47. The Balaban J connectivity index is 6.37. The Hall–Kier alpha value is 0. The van der Waals surface area contributed by atoms with E-state index in [9.17, 15) is 0 Å². The molecule has 0 heteroatoms. The van der Waals surface area contributed by atoms with Crippen LogP contribution in [0.5, 0.6) is 0 Å². The SMILES string of the molecule is [2H]C([2H])([2H])C(C([2H])([2H])[2H])(C([2H])([2H])C)C(C)(C)C. The van der Waals surface area contributed by atoms with Gasteiger partial charge in [-0.1, -0.05) is 47.8 Å². The lowest BCUT2D eigenvalue weighted by molar-refractivity contribution is 0.126. The maximum atomic E-state index is 7.75. The molecule has 0 aliphatic carbocycles. The second kappa shape index (κ2) is 2.32. The summed E-state index contributed by atoms with van der Waals surface area (Å²) in [6, 6.07) is 0. The fraction of sp³-hybridized carbons (Fsp3) is 1.00. The molecule has 0 heterocycles. The Kier molecular flexibility index (Phi) is 0.580. The van der Waals surface area contributed by atoms with Crippen LogP contribution in [0, 0.1) is 10.8 Å². The third-order valence-corrected chi connectivity index (χ3v) is 1.50. The number of hydrogen-bond donors (Lipinski definition) is 0. The lowest BCUT2D eigenvalue weighted by atomic mass is 9.68. The van der Waals surface area contributed by atoms with Gasteiger partial charge in [0.15, 0.2) is 0 Å². The third-order valence-electron chi connectivity index (χ3n) is 1.50. The minimum absolute atomic E-state index is 1.02. The molecule has 0 saturated carbocycles. The Morgan fingerprint density at radius 1 is 1.33 bits per heavy atom. The molecule has 0 unspecified atom stereocenters. The highest BCUT2D eigenvalue weighted by atomic mass is 14.3. The highest BCUT2D eigenvalue weighted by Crippen LogP contribution is 2.40. The molecule has 56 valence electrons. The van der Waals surface area contributed by atoms with Gasteiger partial charge in [0.25, 0.3) is 0 Å². The Bertz CT molecular complexity index is 210. The molecule has 0 aromatic carbocycles. The molecule has 0 atom stereocenters. The van der Waals surface area contributed by atoms with Gasteiger partial charge in [0.1, 0.15) is 0 Å². The van der Waals surface area contributed by atoms with E-state index in [2.05, 4.69) is 0 Å². The van der Waals surface area contributed by atoms with Crippen LogP contribution in [0.3, 0.4) is 0 Å². The average molecular weight is 136 g/mol. The van der Waals surface area contributed by atoms with Crippen molar-refractivity contribution < 1.29 is 11.0 Å². The van der Waals surface area contributed by atoms with E-state index in [-0.39, 0.29) is 0 Å². The Labute approximate surface area is 70.9 Å². The highest BCUT2D eigenvalue weighted by molar-refractivity contribution is 4.80. The van der Waals surface area contributed by atoms with Gasteiger partial charge in [0.05, 0.1) is 0 Å². The molecule has 0 nitrogen and oxygen atoms in total. The van der Waals surface area contributed by atoms with E-state index in [0.717, 1.165) is 6.92 Å². The normalized spacial score (nSPS) is 31.6. The van der Waals surface area contributed by atoms with Crippen molar-refractivity contribution in [3.8, 4) is 0 Å². The molecule has 0 bridgehead atoms. The standard InChI is InChI=1S/C9H20/c1-7-9(5,6)8(2,3)4/h7H2,1-6H3/i5D3,6D3,7D2. The Morgan fingerprint density at radius 3 is 1.78 bits per heavy atom. The quantitative estimate of drug-likeness (QED) is 0.518. The zero-order chi connectivity index (χ0) is 14.5. The van der Waals surface area contributed by atoms with Gasteiger partial charge in [0.2, 0.25) is 0 Å². The molecule has 0 rings (SSSR count). The van der Waals surface area contributed by atoms with Crippen molar-refractivity contribution in [3.63, 3.8) is 0 Å². The van der Waals surface area contributed by atoms with Gasteiger partial charge < -0.3 is 0 Å². The first kappa shape index (κ1) is 2.25. The second-order valence-electron chi connectivity index (χ2n) is 3.25. The molecule has 0 aromatic heterocycles. The smallest absolute Gasteiger partial charge is 0.0269 e. The molecular weight excluding hydrogens is 108 g/mol. The molecule has 0 aliphatic heterocycles. The summed E-state index contributed by atoms with van der Waals surface area (Å²) in [4.78, 5) is 0. The van der Waals surface area contributed by atoms with Crippen molar-refractivity contribution in [2.75, 3.05) is 0 Å². The van der Waals surface area contributed by atoms with Crippen molar-refractivity contribution in [1.29, 1.82) is 0 Å². The van der Waals surface area contributed by atoms with Gasteiger partial charge in [-0.2, -0.15) is 0 Å². The molecule has 0 amide bonds. The van der Waals surface area contributed by atoms with Gasteiger partial charge in [-0.3, -0.25) is 0 Å². The summed E-state index contributed by atoms with van der Waals surface area (Å²) in [5, 5.41) is 0. The summed E-state index contributed by atoms with van der Waals surface area (Å²) in [6.07, 6.45) is -2.36. The molecule has 0 spiro atoms. The van der Waals surface area contributed by atoms with Crippen molar-refractivity contribution in [1.82, 2.24) is 0 Å².